The van der Waals surface area contributed by atoms with Crippen molar-refractivity contribution in [1.82, 2.24) is 30.7 Å². The van der Waals surface area contributed by atoms with E-state index in [0.717, 1.165) is 25.9 Å². The van der Waals surface area contributed by atoms with Gasteiger partial charge in [-0.1, -0.05) is 24.3 Å². The zero-order valence-electron chi connectivity index (χ0n) is 17.0. The molecule has 0 spiro atoms. The predicted octanol–water partition coefficient (Wildman–Crippen LogP) is -0.483. The van der Waals surface area contributed by atoms with E-state index in [0.29, 0.717) is 23.7 Å². The van der Waals surface area contributed by atoms with E-state index in [2.05, 4.69) is 42.7 Å². The van der Waals surface area contributed by atoms with Gasteiger partial charge in [0, 0.05) is 5.56 Å². The highest BCUT2D eigenvalue weighted by atomic mass is 16.6. The predicted molar refractivity (Wildman–Crippen MR) is 110 cm³/mol. The van der Waals surface area contributed by atoms with E-state index in [9.17, 15) is 9.90 Å². The summed E-state index contributed by atoms with van der Waals surface area (Å²) in [5.41, 5.74) is 9.39. The smallest absolute Gasteiger partial charge is 0.294 e. The summed E-state index contributed by atoms with van der Waals surface area (Å²) < 4.78 is 6.07. The second-order valence-corrected chi connectivity index (χ2v) is 7.64. The highest BCUT2D eigenvalue weighted by Gasteiger charge is 2.28. The molecule has 31 heavy (non-hydrogen) atoms. The first-order chi connectivity index (χ1) is 15.0. The Kier molecular flexibility index (Phi) is 5.89. The van der Waals surface area contributed by atoms with Crippen LogP contribution >= 0.6 is 0 Å². The number of benzene rings is 1. The van der Waals surface area contributed by atoms with Crippen LogP contribution in [-0.2, 0) is 6.54 Å². The van der Waals surface area contributed by atoms with Gasteiger partial charge in [0.1, 0.15) is 18.0 Å². The normalized spacial score (nSPS) is 19.0. The number of piperidine rings is 1. The lowest BCUT2D eigenvalue weighted by molar-refractivity contribution is -0.920. The number of hydrogen-bond acceptors (Lipinski definition) is 9. The van der Waals surface area contributed by atoms with Crippen molar-refractivity contribution in [2.45, 2.75) is 26.3 Å². The summed E-state index contributed by atoms with van der Waals surface area (Å²) in [6.45, 7) is 4.71. The number of amides is 1. The number of likely N-dealkylation sites (tertiary alicyclic amines) is 1. The molecule has 0 bridgehead atoms. The van der Waals surface area contributed by atoms with Gasteiger partial charge in [-0.05, 0) is 41.2 Å². The van der Waals surface area contributed by atoms with Crippen LogP contribution in [0.4, 0.5) is 5.82 Å². The number of anilines is 1. The summed E-state index contributed by atoms with van der Waals surface area (Å²) in [4.78, 5) is 14.1. The molecule has 0 saturated carbocycles. The Hall–Kier alpha value is -3.80. The number of nitrogen functional groups attached to an aromatic ring is 1. The first-order valence-electron chi connectivity index (χ1n) is 10.0. The number of quaternary nitrogens is 1. The number of rotatable bonds is 6. The summed E-state index contributed by atoms with van der Waals surface area (Å²) in [5, 5.41) is 29.2. The van der Waals surface area contributed by atoms with E-state index in [-0.39, 0.29) is 23.1 Å². The fourth-order valence-electron chi connectivity index (χ4n) is 3.54. The summed E-state index contributed by atoms with van der Waals surface area (Å²) >= 11 is 0. The maximum absolute atomic E-state index is 12.8. The molecule has 1 aliphatic heterocycles. The molecule has 2 aromatic heterocycles. The van der Waals surface area contributed by atoms with Crippen molar-refractivity contribution in [3.63, 3.8) is 0 Å². The van der Waals surface area contributed by atoms with E-state index in [4.69, 9.17) is 5.73 Å². The van der Waals surface area contributed by atoms with Gasteiger partial charge in [-0.3, -0.25) is 4.79 Å². The number of aromatic hydroxyl groups is 1. The zero-order chi connectivity index (χ0) is 21.8. The number of hydrazone groups is 1. The number of para-hydroxylation sites is 1. The largest absolute Gasteiger partial charge is 0.507 e. The monoisotopic (exact) mass is 426 g/mol. The second-order valence-electron chi connectivity index (χ2n) is 7.64. The van der Waals surface area contributed by atoms with Crippen molar-refractivity contribution in [2.75, 3.05) is 18.8 Å². The van der Waals surface area contributed by atoms with Crippen LogP contribution in [0.2, 0.25) is 0 Å². The van der Waals surface area contributed by atoms with Gasteiger partial charge >= 0.3 is 0 Å². The number of nitrogens with one attached hydrogen (secondary N) is 2. The van der Waals surface area contributed by atoms with Crippen molar-refractivity contribution in [3.05, 3.63) is 41.2 Å². The molecular weight excluding hydrogens is 402 g/mol. The Bertz CT molecular complexity index is 1080. The molecule has 1 amide bonds. The van der Waals surface area contributed by atoms with Crippen LogP contribution in [0.5, 0.6) is 5.75 Å². The van der Waals surface area contributed by atoms with Crippen LogP contribution in [-0.4, -0.2) is 55.6 Å². The first kappa shape index (κ1) is 20.5. The van der Waals surface area contributed by atoms with Crippen molar-refractivity contribution in [2.24, 2.45) is 11.0 Å². The second kappa shape index (κ2) is 8.92. The minimum absolute atomic E-state index is 0.0537. The fraction of sp³-hybridized carbons (Fsp3) is 0.368. The average Bonchev–Trinajstić information content (AvgIpc) is 3.36. The van der Waals surface area contributed by atoms with Gasteiger partial charge in [-0.2, -0.15) is 9.78 Å². The van der Waals surface area contributed by atoms with Crippen LogP contribution in [0, 0.1) is 5.92 Å². The van der Waals surface area contributed by atoms with Gasteiger partial charge in [-0.25, -0.2) is 10.1 Å². The first-order valence-corrected chi connectivity index (χ1v) is 10.0. The minimum atomic E-state index is -0.535. The number of carbonyl (C=O) groups is 1. The molecule has 0 unspecified atom stereocenters. The Morgan fingerprint density at radius 1 is 1.39 bits per heavy atom. The quantitative estimate of drug-likeness (QED) is 0.303. The van der Waals surface area contributed by atoms with Crippen LogP contribution in [0.15, 0.2) is 34.0 Å². The topological polar surface area (TPSA) is 162 Å². The number of nitrogens with zero attached hydrogens (tertiary/aromatic N) is 6. The Labute approximate surface area is 177 Å². The van der Waals surface area contributed by atoms with Gasteiger partial charge in [0.25, 0.3) is 5.91 Å². The van der Waals surface area contributed by atoms with Crippen LogP contribution in [0.3, 0.4) is 0 Å². The van der Waals surface area contributed by atoms with E-state index in [1.165, 1.54) is 21.9 Å². The molecule has 1 aromatic carbocycles. The van der Waals surface area contributed by atoms with Gasteiger partial charge in [0.15, 0.2) is 5.69 Å². The molecule has 1 saturated heterocycles. The standard InChI is InChI=1S/C19H23N9O3/c1-12-6-8-27(9-7-12)11-14-16(22-26-28(14)18-17(20)24-31-25-18)19(30)23-21-10-13-4-2-3-5-15(13)29/h2-5,10,12,29H,6-9,11H2,1H3,(H2,20,24)(H,23,30)/p+1. The number of phenolic OH excluding ortho intramolecular Hbond substituents is 1. The Balaban J connectivity index is 1.57. The van der Waals surface area contributed by atoms with Crippen LogP contribution in [0.1, 0.15) is 41.5 Å². The Morgan fingerprint density at radius 2 is 2.16 bits per heavy atom. The molecule has 4 rings (SSSR count). The fourth-order valence-corrected chi connectivity index (χ4v) is 3.54. The van der Waals surface area contributed by atoms with Gasteiger partial charge in [0.05, 0.1) is 19.3 Å². The SMILES string of the molecule is CC1CC[NH+](Cc2c(C(=O)NN=Cc3ccccc3O)nnn2-c2nonc2N)CC1. The van der Waals surface area contributed by atoms with Crippen LogP contribution in [0.25, 0.3) is 5.82 Å². The molecule has 12 heteroatoms. The van der Waals surface area contributed by atoms with Crippen molar-refractivity contribution in [3.8, 4) is 11.6 Å². The van der Waals surface area contributed by atoms with Crippen molar-refractivity contribution in [1.29, 1.82) is 0 Å². The van der Waals surface area contributed by atoms with Gasteiger partial charge in [0.2, 0.25) is 11.6 Å². The highest BCUT2D eigenvalue weighted by Crippen LogP contribution is 2.16. The maximum Gasteiger partial charge on any atom is 0.294 e. The lowest BCUT2D eigenvalue weighted by Crippen LogP contribution is -3.11. The molecule has 5 N–H and O–H groups in total. The Morgan fingerprint density at radius 3 is 2.87 bits per heavy atom. The molecule has 1 fully saturated rings. The van der Waals surface area contributed by atoms with Gasteiger partial charge in [-0.15, -0.1) is 5.10 Å². The number of nitrogens with two attached hydrogens (primary N) is 1. The van der Waals surface area contributed by atoms with E-state index < -0.39 is 5.91 Å². The zero-order valence-corrected chi connectivity index (χ0v) is 17.0. The molecule has 0 aliphatic carbocycles. The highest BCUT2D eigenvalue weighted by molar-refractivity contribution is 5.94. The summed E-state index contributed by atoms with van der Waals surface area (Å²) in [7, 11) is 0. The third-order valence-corrected chi connectivity index (χ3v) is 5.38. The van der Waals surface area contributed by atoms with Gasteiger partial charge < -0.3 is 15.7 Å². The lowest BCUT2D eigenvalue weighted by atomic mass is 9.99. The molecule has 3 heterocycles. The molecular formula is C19H24N9O3+. The summed E-state index contributed by atoms with van der Waals surface area (Å²) in [6.07, 6.45) is 3.57. The number of aromatic nitrogens is 5. The molecule has 0 atom stereocenters. The minimum Gasteiger partial charge on any atom is -0.507 e. The van der Waals surface area contributed by atoms with Crippen LogP contribution < -0.4 is 16.1 Å². The average molecular weight is 426 g/mol. The molecule has 3 aromatic rings. The van der Waals surface area contributed by atoms with Crippen molar-refractivity contribution < 1.29 is 19.4 Å². The maximum atomic E-state index is 12.8. The van der Waals surface area contributed by atoms with E-state index >= 15 is 0 Å². The van der Waals surface area contributed by atoms with E-state index in [1.54, 1.807) is 18.2 Å². The summed E-state index contributed by atoms with van der Waals surface area (Å²) in [5.74, 6) is 0.451. The number of phenols is 1. The van der Waals surface area contributed by atoms with E-state index in [1.807, 2.05) is 0 Å². The summed E-state index contributed by atoms with van der Waals surface area (Å²) in [6, 6.07) is 6.66. The number of hydrogen-bond donors (Lipinski definition) is 4. The number of carbonyl (C=O) groups excluding carboxylic acids is 1. The molecule has 0 radical (unpaired) electrons. The van der Waals surface area contributed by atoms with Crippen molar-refractivity contribution >= 4 is 17.9 Å². The third-order valence-electron chi connectivity index (χ3n) is 5.38. The molecule has 12 nitrogen and oxygen atoms in total. The molecule has 1 aliphatic rings. The lowest BCUT2D eigenvalue weighted by Gasteiger charge is -2.27. The third kappa shape index (κ3) is 4.53. The molecule has 162 valence electrons.